The Morgan fingerprint density at radius 3 is 2.43 bits per heavy atom. The smallest absolute Gasteiger partial charge is 0.0797 e. The molecule has 76 valence electrons. The number of nitrogens with one attached hydrogen (secondary N) is 1. The predicted octanol–water partition coefficient (Wildman–Crippen LogP) is 3.24. The maximum Gasteiger partial charge on any atom is 0.0797 e. The Labute approximate surface area is 90.7 Å². The fourth-order valence-corrected chi connectivity index (χ4v) is 1.68. The van der Waals surface area contributed by atoms with Crippen molar-refractivity contribution in [1.29, 1.82) is 0 Å². The Balaban J connectivity index is 2.71. The van der Waals surface area contributed by atoms with Gasteiger partial charge in [-0.2, -0.15) is 0 Å². The van der Waals surface area contributed by atoms with Gasteiger partial charge in [0.1, 0.15) is 0 Å². The maximum absolute atomic E-state index is 5.19. The third-order valence-electron chi connectivity index (χ3n) is 1.84. The molecule has 0 aromatic carbocycles. The number of hydrogen-bond donors (Lipinski definition) is 1. The van der Waals surface area contributed by atoms with Crippen molar-refractivity contribution in [3.05, 3.63) is 23.5 Å². The lowest BCUT2D eigenvalue weighted by Crippen LogP contribution is -2.08. The molecule has 0 fully saturated rings. The van der Waals surface area contributed by atoms with Crippen LogP contribution in [-0.2, 0) is 0 Å². The third kappa shape index (κ3) is 3.42. The standard InChI is InChI=1S/C11H16N2S/c1-4-5-11(14)13-10-6-8(2)12-9(3)7-10/h6-7H,4-5H2,1-3H3,(H,12,13,14). The van der Waals surface area contributed by atoms with Crippen LogP contribution in [0.1, 0.15) is 31.2 Å². The molecule has 1 aromatic heterocycles. The number of rotatable bonds is 3. The highest BCUT2D eigenvalue weighted by Crippen LogP contribution is 2.11. The molecule has 0 aliphatic carbocycles. The van der Waals surface area contributed by atoms with Crippen molar-refractivity contribution < 1.29 is 0 Å². The van der Waals surface area contributed by atoms with Crippen LogP contribution >= 0.6 is 12.2 Å². The molecule has 0 aliphatic heterocycles. The van der Waals surface area contributed by atoms with Crippen LogP contribution in [0.15, 0.2) is 12.1 Å². The molecule has 14 heavy (non-hydrogen) atoms. The molecule has 0 saturated heterocycles. The van der Waals surface area contributed by atoms with Crippen molar-refractivity contribution in [1.82, 2.24) is 4.98 Å². The molecule has 0 spiro atoms. The van der Waals surface area contributed by atoms with Gasteiger partial charge in [-0.25, -0.2) is 0 Å². The third-order valence-corrected chi connectivity index (χ3v) is 2.15. The van der Waals surface area contributed by atoms with Gasteiger partial charge in [-0.3, -0.25) is 4.98 Å². The summed E-state index contributed by atoms with van der Waals surface area (Å²) >= 11 is 5.19. The van der Waals surface area contributed by atoms with Gasteiger partial charge in [0.05, 0.1) is 4.99 Å². The number of aryl methyl sites for hydroxylation is 2. The van der Waals surface area contributed by atoms with Gasteiger partial charge in [0.25, 0.3) is 0 Å². The van der Waals surface area contributed by atoms with E-state index >= 15 is 0 Å². The fourth-order valence-electron chi connectivity index (χ4n) is 1.36. The lowest BCUT2D eigenvalue weighted by atomic mass is 10.2. The summed E-state index contributed by atoms with van der Waals surface area (Å²) in [5.74, 6) is 0. The summed E-state index contributed by atoms with van der Waals surface area (Å²) < 4.78 is 0. The van der Waals surface area contributed by atoms with Gasteiger partial charge in [0.2, 0.25) is 0 Å². The monoisotopic (exact) mass is 208 g/mol. The minimum absolute atomic E-state index is 0.900. The highest BCUT2D eigenvalue weighted by atomic mass is 32.1. The maximum atomic E-state index is 5.19. The highest BCUT2D eigenvalue weighted by Gasteiger charge is 1.99. The summed E-state index contributed by atoms with van der Waals surface area (Å²) in [5, 5.41) is 3.22. The average molecular weight is 208 g/mol. The Morgan fingerprint density at radius 2 is 1.93 bits per heavy atom. The first-order valence-corrected chi connectivity index (χ1v) is 5.27. The van der Waals surface area contributed by atoms with Crippen LogP contribution in [0.5, 0.6) is 0 Å². The minimum Gasteiger partial charge on any atom is -0.350 e. The first kappa shape index (κ1) is 11.1. The van der Waals surface area contributed by atoms with E-state index in [0.717, 1.165) is 34.9 Å². The topological polar surface area (TPSA) is 24.9 Å². The number of nitrogens with zero attached hydrogens (tertiary/aromatic N) is 1. The van der Waals surface area contributed by atoms with E-state index in [1.165, 1.54) is 0 Å². The van der Waals surface area contributed by atoms with Crippen molar-refractivity contribution in [3.8, 4) is 0 Å². The van der Waals surface area contributed by atoms with Crippen molar-refractivity contribution >= 4 is 22.9 Å². The predicted molar refractivity (Wildman–Crippen MR) is 64.8 cm³/mol. The van der Waals surface area contributed by atoms with E-state index in [0.29, 0.717) is 0 Å². The zero-order valence-electron chi connectivity index (χ0n) is 8.92. The lowest BCUT2D eigenvalue weighted by Gasteiger charge is -2.08. The normalized spacial score (nSPS) is 9.93. The fraction of sp³-hybridized carbons (Fsp3) is 0.455. The summed E-state index contributed by atoms with van der Waals surface area (Å²) in [6.45, 7) is 6.10. The summed E-state index contributed by atoms with van der Waals surface area (Å²) in [7, 11) is 0. The molecule has 2 nitrogen and oxygen atoms in total. The molecule has 0 atom stereocenters. The van der Waals surface area contributed by atoms with Crippen molar-refractivity contribution in [2.24, 2.45) is 0 Å². The summed E-state index contributed by atoms with van der Waals surface area (Å²) in [5.41, 5.74) is 3.09. The van der Waals surface area contributed by atoms with Crippen LogP contribution in [0.3, 0.4) is 0 Å². The van der Waals surface area contributed by atoms with Crippen molar-refractivity contribution in [2.45, 2.75) is 33.6 Å². The van der Waals surface area contributed by atoms with E-state index in [1.54, 1.807) is 0 Å². The average Bonchev–Trinajstić information content (AvgIpc) is 2.01. The van der Waals surface area contributed by atoms with E-state index < -0.39 is 0 Å². The number of anilines is 1. The van der Waals surface area contributed by atoms with Gasteiger partial charge in [-0.15, -0.1) is 0 Å². The number of hydrogen-bond acceptors (Lipinski definition) is 2. The van der Waals surface area contributed by atoms with Gasteiger partial charge in [0.15, 0.2) is 0 Å². The molecule has 3 heteroatoms. The second-order valence-electron chi connectivity index (χ2n) is 3.44. The first-order valence-electron chi connectivity index (χ1n) is 4.87. The number of pyridine rings is 1. The van der Waals surface area contributed by atoms with Crippen molar-refractivity contribution in [3.63, 3.8) is 0 Å². The molecular formula is C11H16N2S. The molecule has 1 aromatic rings. The second kappa shape index (κ2) is 5.05. The molecule has 1 rings (SSSR count). The van der Waals surface area contributed by atoms with Gasteiger partial charge in [-0.1, -0.05) is 19.1 Å². The zero-order valence-corrected chi connectivity index (χ0v) is 9.74. The highest BCUT2D eigenvalue weighted by molar-refractivity contribution is 7.80. The molecule has 0 aliphatic rings. The quantitative estimate of drug-likeness (QED) is 0.772. The largest absolute Gasteiger partial charge is 0.350 e. The first-order chi connectivity index (χ1) is 6.61. The van der Waals surface area contributed by atoms with E-state index in [9.17, 15) is 0 Å². The Hall–Kier alpha value is -0.960. The zero-order chi connectivity index (χ0) is 10.6. The Morgan fingerprint density at radius 1 is 1.36 bits per heavy atom. The second-order valence-corrected chi connectivity index (χ2v) is 3.93. The SMILES string of the molecule is CCCC(=S)Nc1cc(C)nc(C)c1. The van der Waals surface area contributed by atoms with E-state index in [2.05, 4.69) is 17.2 Å². The summed E-state index contributed by atoms with van der Waals surface area (Å²) in [6.07, 6.45) is 2.02. The lowest BCUT2D eigenvalue weighted by molar-refractivity contribution is 1.00. The number of thiocarbonyl (C=S) groups is 1. The number of aromatic nitrogens is 1. The molecule has 0 unspecified atom stereocenters. The van der Waals surface area contributed by atoms with Crippen LogP contribution in [0.2, 0.25) is 0 Å². The summed E-state index contributed by atoms with van der Waals surface area (Å²) in [4.78, 5) is 5.20. The summed E-state index contributed by atoms with van der Waals surface area (Å²) in [6, 6.07) is 4.02. The Bertz CT molecular complexity index is 314. The van der Waals surface area contributed by atoms with Gasteiger partial charge >= 0.3 is 0 Å². The van der Waals surface area contributed by atoms with Crippen LogP contribution in [0.25, 0.3) is 0 Å². The molecule has 0 bridgehead atoms. The van der Waals surface area contributed by atoms with Gasteiger partial charge < -0.3 is 5.32 Å². The molecule has 1 N–H and O–H groups in total. The van der Waals surface area contributed by atoms with Crippen LogP contribution < -0.4 is 5.32 Å². The van der Waals surface area contributed by atoms with Crippen molar-refractivity contribution in [2.75, 3.05) is 5.32 Å². The van der Waals surface area contributed by atoms with E-state index in [4.69, 9.17) is 12.2 Å². The van der Waals surface area contributed by atoms with E-state index in [1.807, 2.05) is 26.0 Å². The van der Waals surface area contributed by atoms with Crippen LogP contribution in [0, 0.1) is 13.8 Å². The Kier molecular flexibility index (Phi) is 4.01. The van der Waals surface area contributed by atoms with Gasteiger partial charge in [-0.05, 0) is 38.8 Å². The van der Waals surface area contributed by atoms with Crippen LogP contribution in [-0.4, -0.2) is 9.97 Å². The minimum atomic E-state index is 0.900. The molecular weight excluding hydrogens is 192 g/mol. The van der Waals surface area contributed by atoms with Gasteiger partial charge in [0, 0.05) is 17.1 Å². The molecule has 0 saturated carbocycles. The molecule has 0 amide bonds. The van der Waals surface area contributed by atoms with Crippen LogP contribution in [0.4, 0.5) is 5.69 Å². The van der Waals surface area contributed by atoms with E-state index in [-0.39, 0.29) is 0 Å². The molecule has 0 radical (unpaired) electrons. The molecule has 1 heterocycles.